The lowest BCUT2D eigenvalue weighted by Gasteiger charge is -2.32. The van der Waals surface area contributed by atoms with E-state index in [4.69, 9.17) is 11.6 Å². The number of piperazine rings is 1. The molecule has 21 heavy (non-hydrogen) atoms. The summed E-state index contributed by atoms with van der Waals surface area (Å²) in [5.74, 6) is -0.0740. The van der Waals surface area contributed by atoms with Gasteiger partial charge in [0.05, 0.1) is 5.75 Å². The Morgan fingerprint density at radius 3 is 2.52 bits per heavy atom. The number of halogens is 1. The molecular weight excluding hydrogens is 310 g/mol. The molecule has 2 rings (SSSR count). The van der Waals surface area contributed by atoms with Crippen LogP contribution in [-0.2, 0) is 15.8 Å². The van der Waals surface area contributed by atoms with Crippen LogP contribution in [0.25, 0.3) is 0 Å². The molecule has 1 fully saturated rings. The van der Waals surface area contributed by atoms with Gasteiger partial charge in [0.1, 0.15) is 0 Å². The van der Waals surface area contributed by atoms with E-state index in [1.54, 1.807) is 24.3 Å². The Kier molecular flexibility index (Phi) is 6.01. The van der Waals surface area contributed by atoms with E-state index in [1.807, 2.05) is 0 Å². The van der Waals surface area contributed by atoms with E-state index in [1.165, 1.54) is 0 Å². The number of sulfonamides is 1. The highest BCUT2D eigenvalue weighted by atomic mass is 35.5. The fraction of sp³-hybridized carbons (Fsp3) is 0.571. The number of rotatable bonds is 6. The highest BCUT2D eigenvalue weighted by Gasteiger charge is 2.16. The molecule has 1 aliphatic rings. The van der Waals surface area contributed by atoms with E-state index in [0.29, 0.717) is 17.1 Å². The van der Waals surface area contributed by atoms with Gasteiger partial charge >= 0.3 is 0 Å². The molecule has 0 radical (unpaired) electrons. The van der Waals surface area contributed by atoms with Crippen molar-refractivity contribution in [2.45, 2.75) is 5.75 Å². The van der Waals surface area contributed by atoms with Crippen LogP contribution in [0.3, 0.4) is 0 Å². The normalized spacial score (nSPS) is 18.0. The predicted octanol–water partition coefficient (Wildman–Crippen LogP) is 1.01. The van der Waals surface area contributed by atoms with Gasteiger partial charge < -0.3 is 4.90 Å². The van der Waals surface area contributed by atoms with Crippen LogP contribution in [-0.4, -0.2) is 64.5 Å². The van der Waals surface area contributed by atoms with Crippen LogP contribution in [0.2, 0.25) is 5.02 Å². The van der Waals surface area contributed by atoms with Crippen LogP contribution in [0.15, 0.2) is 24.3 Å². The van der Waals surface area contributed by atoms with Crippen LogP contribution in [0.4, 0.5) is 0 Å². The molecule has 1 N–H and O–H groups in total. The van der Waals surface area contributed by atoms with E-state index >= 15 is 0 Å². The number of hydrogen-bond donors (Lipinski definition) is 1. The van der Waals surface area contributed by atoms with Crippen molar-refractivity contribution < 1.29 is 8.42 Å². The molecular formula is C14H22ClN3O2S. The van der Waals surface area contributed by atoms with Gasteiger partial charge in [0.25, 0.3) is 0 Å². The summed E-state index contributed by atoms with van der Waals surface area (Å²) in [6.45, 7) is 5.23. The summed E-state index contributed by atoms with van der Waals surface area (Å²) < 4.78 is 26.8. The van der Waals surface area contributed by atoms with Crippen LogP contribution in [0.5, 0.6) is 0 Å². The lowest BCUT2D eigenvalue weighted by Crippen LogP contribution is -2.46. The lowest BCUT2D eigenvalue weighted by atomic mass is 10.2. The molecule has 1 aromatic carbocycles. The van der Waals surface area contributed by atoms with Gasteiger partial charge in [0.2, 0.25) is 10.0 Å². The van der Waals surface area contributed by atoms with Crippen molar-refractivity contribution >= 4 is 21.6 Å². The second kappa shape index (κ2) is 7.56. The molecule has 1 aromatic rings. The molecule has 0 amide bonds. The summed E-state index contributed by atoms with van der Waals surface area (Å²) in [5, 5.41) is 0.488. The highest BCUT2D eigenvalue weighted by molar-refractivity contribution is 7.88. The fourth-order valence-electron chi connectivity index (χ4n) is 2.30. The first-order chi connectivity index (χ1) is 9.96. The molecule has 5 nitrogen and oxygen atoms in total. The van der Waals surface area contributed by atoms with Crippen molar-refractivity contribution in [2.75, 3.05) is 46.3 Å². The standard InChI is InChI=1S/C14H22ClN3O2S/c1-17-8-10-18(11-9-17)7-6-16-21(19,20)12-13-4-2-3-5-14(13)15/h2-5,16H,6-12H2,1H3. The van der Waals surface area contributed by atoms with Crippen molar-refractivity contribution in [2.24, 2.45) is 0 Å². The molecule has 1 saturated heterocycles. The molecule has 1 aliphatic heterocycles. The SMILES string of the molecule is CN1CCN(CCNS(=O)(=O)Cc2ccccc2Cl)CC1. The first-order valence-corrected chi connectivity index (χ1v) is 9.11. The number of nitrogens with zero attached hydrogens (tertiary/aromatic N) is 2. The van der Waals surface area contributed by atoms with Gasteiger partial charge in [-0.15, -0.1) is 0 Å². The monoisotopic (exact) mass is 331 g/mol. The fourth-order valence-corrected chi connectivity index (χ4v) is 3.75. The van der Waals surface area contributed by atoms with Gasteiger partial charge in [-0.2, -0.15) is 0 Å². The Labute approximate surface area is 131 Å². The molecule has 0 aromatic heterocycles. The molecule has 0 atom stereocenters. The van der Waals surface area contributed by atoms with E-state index in [0.717, 1.165) is 32.7 Å². The first-order valence-electron chi connectivity index (χ1n) is 7.08. The first kappa shape index (κ1) is 16.7. The summed E-state index contributed by atoms with van der Waals surface area (Å²) in [5.41, 5.74) is 0.631. The van der Waals surface area contributed by atoms with Crippen molar-refractivity contribution in [3.8, 4) is 0 Å². The molecule has 1 heterocycles. The number of nitrogens with one attached hydrogen (secondary N) is 1. The summed E-state index contributed by atoms with van der Waals surface area (Å²) in [6.07, 6.45) is 0. The van der Waals surface area contributed by atoms with Crippen LogP contribution < -0.4 is 4.72 Å². The molecule has 0 aliphatic carbocycles. The minimum Gasteiger partial charge on any atom is -0.304 e. The van der Waals surface area contributed by atoms with Gasteiger partial charge in [0, 0.05) is 44.3 Å². The van der Waals surface area contributed by atoms with Gasteiger partial charge in [-0.25, -0.2) is 13.1 Å². The van der Waals surface area contributed by atoms with Gasteiger partial charge in [-0.3, -0.25) is 4.90 Å². The van der Waals surface area contributed by atoms with Crippen molar-refractivity contribution in [3.05, 3.63) is 34.9 Å². The minimum atomic E-state index is -3.34. The number of benzene rings is 1. The van der Waals surface area contributed by atoms with Crippen molar-refractivity contribution in [1.82, 2.24) is 14.5 Å². The van der Waals surface area contributed by atoms with Crippen molar-refractivity contribution in [3.63, 3.8) is 0 Å². The zero-order valence-electron chi connectivity index (χ0n) is 12.3. The molecule has 0 saturated carbocycles. The second-order valence-corrected chi connectivity index (χ2v) is 7.60. The third-order valence-corrected chi connectivity index (χ3v) is 5.35. The van der Waals surface area contributed by atoms with Crippen LogP contribution in [0, 0.1) is 0 Å². The molecule has 0 spiro atoms. The lowest BCUT2D eigenvalue weighted by molar-refractivity contribution is 0.156. The van der Waals surface area contributed by atoms with E-state index < -0.39 is 10.0 Å². The number of hydrogen-bond acceptors (Lipinski definition) is 4. The maximum Gasteiger partial charge on any atom is 0.215 e. The Hall–Kier alpha value is -0.660. The van der Waals surface area contributed by atoms with Crippen LogP contribution >= 0.6 is 11.6 Å². The smallest absolute Gasteiger partial charge is 0.215 e. The third kappa shape index (κ3) is 5.56. The Balaban J connectivity index is 1.78. The van der Waals surface area contributed by atoms with Crippen molar-refractivity contribution in [1.29, 1.82) is 0 Å². The maximum atomic E-state index is 12.0. The Bertz CT molecular complexity index is 557. The number of likely N-dealkylation sites (N-methyl/N-ethyl adjacent to an activating group) is 1. The summed E-state index contributed by atoms with van der Waals surface area (Å²) in [4.78, 5) is 4.55. The summed E-state index contributed by atoms with van der Waals surface area (Å²) in [7, 11) is -1.24. The minimum absolute atomic E-state index is 0.0740. The van der Waals surface area contributed by atoms with E-state index in [9.17, 15) is 8.42 Å². The largest absolute Gasteiger partial charge is 0.304 e. The third-order valence-electron chi connectivity index (χ3n) is 3.65. The molecule has 0 unspecified atom stereocenters. The average Bonchev–Trinajstić information content (AvgIpc) is 2.43. The maximum absolute atomic E-state index is 12.0. The van der Waals surface area contributed by atoms with E-state index in [2.05, 4.69) is 21.6 Å². The summed E-state index contributed by atoms with van der Waals surface area (Å²) >= 11 is 5.99. The zero-order chi connectivity index (χ0) is 15.3. The summed E-state index contributed by atoms with van der Waals surface area (Å²) in [6, 6.07) is 7.03. The molecule has 7 heteroatoms. The molecule has 118 valence electrons. The Morgan fingerprint density at radius 1 is 1.19 bits per heavy atom. The topological polar surface area (TPSA) is 52.6 Å². The van der Waals surface area contributed by atoms with E-state index in [-0.39, 0.29) is 5.75 Å². The van der Waals surface area contributed by atoms with Crippen LogP contribution in [0.1, 0.15) is 5.56 Å². The quantitative estimate of drug-likeness (QED) is 0.845. The van der Waals surface area contributed by atoms with Gasteiger partial charge in [-0.05, 0) is 18.7 Å². The zero-order valence-corrected chi connectivity index (χ0v) is 13.8. The Morgan fingerprint density at radius 2 is 1.86 bits per heavy atom. The highest BCUT2D eigenvalue weighted by Crippen LogP contribution is 2.17. The predicted molar refractivity (Wildman–Crippen MR) is 86.0 cm³/mol. The molecule has 0 bridgehead atoms. The van der Waals surface area contributed by atoms with Gasteiger partial charge in [0.15, 0.2) is 0 Å². The van der Waals surface area contributed by atoms with Gasteiger partial charge in [-0.1, -0.05) is 29.8 Å². The second-order valence-electron chi connectivity index (χ2n) is 5.39. The average molecular weight is 332 g/mol.